The summed E-state index contributed by atoms with van der Waals surface area (Å²) >= 11 is 0.0544. The van der Waals surface area contributed by atoms with Crippen molar-refractivity contribution in [3.05, 3.63) is 12.2 Å². The van der Waals surface area contributed by atoms with Gasteiger partial charge in [-0.1, -0.05) is 27.4 Å². The number of fused-ring (bicyclic) bond motifs is 3. The smallest absolute Gasteiger partial charge is 0.306 e. The van der Waals surface area contributed by atoms with Crippen LogP contribution in [0.1, 0.15) is 85.0 Å². The van der Waals surface area contributed by atoms with Crippen molar-refractivity contribution in [2.24, 2.45) is 40.4 Å². The Kier molecular flexibility index (Phi) is 15.3. The molecule has 55 heavy (non-hydrogen) atoms. The number of aliphatic carboxylic acids is 2. The second kappa shape index (κ2) is 19.1. The van der Waals surface area contributed by atoms with Crippen molar-refractivity contribution in [2.45, 2.75) is 128 Å². The average Bonchev–Trinajstić information content (AvgIpc) is 3.29. The minimum Gasteiger partial charge on any atom is -0.691 e. The Morgan fingerprint density at radius 3 is 2.29 bits per heavy atom. The summed E-state index contributed by atoms with van der Waals surface area (Å²) in [7, 11) is 0. The topological polar surface area (TPSA) is 267 Å². The number of carboxylic acid groups (broad SMARTS) is 2. The highest BCUT2D eigenvalue weighted by atomic mass is 32.2. The molecule has 0 radical (unpaired) electrons. The summed E-state index contributed by atoms with van der Waals surface area (Å²) in [6, 6.07) is 0. The van der Waals surface area contributed by atoms with Crippen LogP contribution in [0.4, 0.5) is 0 Å². The molecule has 1 spiro atoms. The van der Waals surface area contributed by atoms with Crippen LogP contribution in [-0.4, -0.2) is 88.7 Å². The number of esters is 2. The van der Waals surface area contributed by atoms with Gasteiger partial charge in [0.25, 0.3) is 0 Å². The van der Waals surface area contributed by atoms with Crippen LogP contribution in [0.15, 0.2) is 12.2 Å². The van der Waals surface area contributed by atoms with Gasteiger partial charge in [0, 0.05) is 11.8 Å². The number of rotatable bonds is 19. The molecule has 1 aliphatic heterocycles. The number of hydrogen-bond acceptors (Lipinski definition) is 19. The van der Waals surface area contributed by atoms with Crippen LogP contribution in [0.25, 0.3) is 0 Å². The lowest BCUT2D eigenvalue weighted by molar-refractivity contribution is -0.778. The van der Waals surface area contributed by atoms with Crippen LogP contribution < -0.4 is 10.5 Å². The van der Waals surface area contributed by atoms with Gasteiger partial charge in [-0.3, -0.25) is 37.6 Å². The molecule has 21 heteroatoms. The number of hydrogen-bond donors (Lipinski definition) is 3. The van der Waals surface area contributed by atoms with Gasteiger partial charge in [-0.05, 0) is 79.6 Å². The van der Waals surface area contributed by atoms with Gasteiger partial charge in [-0.2, -0.15) is 0 Å². The molecular weight excluding hydrogens is 776 g/mol. The molecule has 1 heterocycles. The summed E-state index contributed by atoms with van der Waals surface area (Å²) < 4.78 is 43.9. The van der Waals surface area contributed by atoms with E-state index < -0.39 is 103 Å². The predicted octanol–water partition coefficient (Wildman–Crippen LogP) is 2.05. The van der Waals surface area contributed by atoms with Crippen LogP contribution in [0, 0.1) is 40.4 Å². The number of aliphatic hydroxyl groups is 1. The van der Waals surface area contributed by atoms with E-state index in [1.54, 1.807) is 13.8 Å². The van der Waals surface area contributed by atoms with Gasteiger partial charge in [-0.15, -0.1) is 8.67 Å². The number of carboxylic acids is 2. The average molecular weight is 825 g/mol. The highest BCUT2D eigenvalue weighted by Crippen LogP contribution is 2.70. The van der Waals surface area contributed by atoms with Gasteiger partial charge in [0.2, 0.25) is 0 Å². The van der Waals surface area contributed by atoms with Crippen molar-refractivity contribution in [1.29, 1.82) is 0 Å². The Balaban J connectivity index is 1.48. The normalized spacial score (nSPS) is 38.2. The highest BCUT2D eigenvalue weighted by molar-refractivity contribution is 7.90. The second-order valence-corrected chi connectivity index (χ2v) is 16.7. The maximum absolute atomic E-state index is 13.2. The van der Waals surface area contributed by atoms with E-state index in [1.807, 2.05) is 0 Å². The molecule has 4 aliphatic carbocycles. The third-order valence-electron chi connectivity index (χ3n) is 12.2. The van der Waals surface area contributed by atoms with Gasteiger partial charge < -0.3 is 44.8 Å². The predicted molar refractivity (Wildman–Crippen MR) is 180 cm³/mol. The molecule has 0 aromatic rings. The van der Waals surface area contributed by atoms with Crippen molar-refractivity contribution in [2.75, 3.05) is 6.61 Å². The lowest BCUT2D eigenvalue weighted by Crippen LogP contribution is -2.63. The Morgan fingerprint density at radius 1 is 0.964 bits per heavy atom. The molecule has 5 fully saturated rings. The van der Waals surface area contributed by atoms with E-state index in [2.05, 4.69) is 32.2 Å². The minimum absolute atomic E-state index is 0.0255. The molecule has 0 amide bonds. The Bertz CT molecular complexity index is 1390. The molecule has 0 aromatic carbocycles. The maximum atomic E-state index is 13.2. The molecule has 1 saturated heterocycles. The third kappa shape index (κ3) is 9.78. The molecule has 5 rings (SSSR count). The summed E-state index contributed by atoms with van der Waals surface area (Å²) in [5, 5.41) is 59.2. The molecule has 5 aliphatic rings. The van der Waals surface area contributed by atoms with Crippen molar-refractivity contribution in [3.8, 4) is 0 Å². The van der Waals surface area contributed by atoms with Gasteiger partial charge >= 0.3 is 23.9 Å². The third-order valence-corrected chi connectivity index (χ3v) is 13.0. The molecule has 312 valence electrons. The standard InChI is InChI=1S/C34H50O19S2/c1-16(2)11-26(38)47-29-28(49-55-53-51-43)27(48-54-52-50-42)22(15-44-25(37)8-7-24(35)36)46-32(29)45-19-12-20(31(40)41)21-9-10-34-13-18(17(3)30(34)39)5-6-23(34)33(21,4)14-19/h16,18-23,27-30,32,39,42-43H,3,5-15H2,1-2,4H3,(H,35,36)(H,40,41)/p-2/t18?,19?,20?,21?,22-,23?,27-,28-,29?,30+,32+,33?,34?/m1/s1. The van der Waals surface area contributed by atoms with Gasteiger partial charge in [0.15, 0.2) is 37.0 Å². The zero-order valence-electron chi connectivity index (χ0n) is 30.6. The summed E-state index contributed by atoms with van der Waals surface area (Å²) in [6.45, 7) is 9.22. The first-order valence-electron chi connectivity index (χ1n) is 18.2. The molecule has 2 bridgehead atoms. The van der Waals surface area contributed by atoms with Gasteiger partial charge in [-0.25, -0.2) is 0 Å². The maximum Gasteiger partial charge on any atom is 0.306 e. The Hall–Kier alpha value is -2.12. The van der Waals surface area contributed by atoms with Gasteiger partial charge in [0.05, 0.1) is 31.0 Å². The number of carbonyl (C=O) groups is 4. The first kappa shape index (κ1) is 44.0. The van der Waals surface area contributed by atoms with E-state index in [-0.39, 0.29) is 61.2 Å². The number of carbonyl (C=O) groups excluding carboxylic acids is 2. The van der Waals surface area contributed by atoms with E-state index >= 15 is 0 Å². The molecule has 4 saturated carbocycles. The largest absolute Gasteiger partial charge is 0.691 e. The van der Waals surface area contributed by atoms with Crippen LogP contribution in [-0.2, 0) is 65.2 Å². The molecule has 8 unspecified atom stereocenters. The Morgan fingerprint density at radius 2 is 1.65 bits per heavy atom. The van der Waals surface area contributed by atoms with Crippen LogP contribution in [0.2, 0.25) is 0 Å². The first-order chi connectivity index (χ1) is 26.1. The molecular formula is C34H48O19S2-2. The second-order valence-electron chi connectivity index (χ2n) is 15.7. The molecule has 3 N–H and O–H groups in total. The summed E-state index contributed by atoms with van der Waals surface area (Å²) in [6.07, 6.45) is -5.98. The summed E-state index contributed by atoms with van der Waals surface area (Å²) in [4.78, 5) is 49.7. The van der Waals surface area contributed by atoms with Crippen LogP contribution >= 0.6 is 24.6 Å². The zero-order chi connectivity index (χ0) is 40.1. The zero-order valence-corrected chi connectivity index (χ0v) is 32.2. The van der Waals surface area contributed by atoms with E-state index in [4.69, 9.17) is 32.4 Å². The Labute approximate surface area is 326 Å². The van der Waals surface area contributed by atoms with Crippen molar-refractivity contribution < 1.29 is 91.1 Å². The van der Waals surface area contributed by atoms with E-state index in [0.717, 1.165) is 24.8 Å². The highest BCUT2D eigenvalue weighted by Gasteiger charge is 2.67. The molecule has 0 aromatic heterocycles. The summed E-state index contributed by atoms with van der Waals surface area (Å²) in [5.74, 6) is -4.93. The van der Waals surface area contributed by atoms with Crippen LogP contribution in [0.3, 0.4) is 0 Å². The monoisotopic (exact) mass is 824 g/mol. The molecule has 19 nitrogen and oxygen atoms in total. The SMILES string of the molecule is C=C1C2CCC3C4(C)CC(O[C@H]5O[C@H](COC(=O)CCC(=O)O)[C@@H](OSOO[O-])[C@@H](OSOO[O-])C5OC(=O)CC(C)C)CC(C(=O)O)C4CCC3(C2)[C@H]1O. The minimum atomic E-state index is -1.55. The number of ether oxygens (including phenoxy) is 4. The first-order valence-corrected chi connectivity index (χ1v) is 19.5. The summed E-state index contributed by atoms with van der Waals surface area (Å²) in [5.41, 5.74) is -0.224. The lowest BCUT2D eigenvalue weighted by Gasteiger charge is -2.62. The van der Waals surface area contributed by atoms with E-state index in [1.165, 1.54) is 0 Å². The quantitative estimate of drug-likeness (QED) is 0.0320. The fourth-order valence-corrected chi connectivity index (χ4v) is 10.9. The number of aliphatic hydroxyl groups excluding tert-OH is 1. The van der Waals surface area contributed by atoms with Crippen molar-refractivity contribution in [3.63, 3.8) is 0 Å². The lowest BCUT2D eigenvalue weighted by atomic mass is 9.43. The fraction of sp³-hybridized carbons (Fsp3) is 0.824. The van der Waals surface area contributed by atoms with E-state index in [9.17, 15) is 39.9 Å². The fourth-order valence-electron chi connectivity index (χ4n) is 10.1. The molecule has 13 atom stereocenters. The van der Waals surface area contributed by atoms with Gasteiger partial charge in [0.1, 0.15) is 24.9 Å². The van der Waals surface area contributed by atoms with Crippen molar-refractivity contribution in [1.82, 2.24) is 0 Å². The van der Waals surface area contributed by atoms with Crippen molar-refractivity contribution >= 4 is 48.5 Å². The van der Waals surface area contributed by atoms with E-state index in [0.29, 0.717) is 19.3 Å². The van der Waals surface area contributed by atoms with Crippen LogP contribution in [0.5, 0.6) is 0 Å².